The highest BCUT2D eigenvalue weighted by Gasteiger charge is 2.49. The Morgan fingerprint density at radius 1 is 1.26 bits per heavy atom. The van der Waals surface area contributed by atoms with Gasteiger partial charge in [-0.15, -0.1) is 0 Å². The second-order valence-electron chi connectivity index (χ2n) is 6.50. The van der Waals surface area contributed by atoms with E-state index in [0.717, 1.165) is 52.1 Å². The minimum Gasteiger partial charge on any atom is -0.381 e. The predicted molar refractivity (Wildman–Crippen MR) is 73.8 cm³/mol. The van der Waals surface area contributed by atoms with Crippen LogP contribution in [0, 0.1) is 17.3 Å². The van der Waals surface area contributed by atoms with Gasteiger partial charge in [0, 0.05) is 26.3 Å². The summed E-state index contributed by atoms with van der Waals surface area (Å²) in [6.07, 6.45) is 6.98. The van der Waals surface area contributed by atoms with Crippen LogP contribution in [-0.2, 0) is 9.53 Å². The lowest BCUT2D eigenvalue weighted by Crippen LogP contribution is -2.49. The standard InChI is InChI=1S/C15H26N2O2/c18-14(17-9-12-4-7-19-8-5-12)15-6-2-1-3-13(15)10-16-11-15/h12-13,16H,1-11H2,(H,17,18)/t13-,15+/m0/s1. The Labute approximate surface area is 115 Å². The van der Waals surface area contributed by atoms with E-state index in [1.807, 2.05) is 0 Å². The number of nitrogens with one attached hydrogen (secondary N) is 2. The Kier molecular flexibility index (Phi) is 4.08. The first kappa shape index (κ1) is 13.4. The molecule has 2 heterocycles. The molecule has 3 fully saturated rings. The van der Waals surface area contributed by atoms with E-state index < -0.39 is 0 Å². The third-order valence-electron chi connectivity index (χ3n) is 5.38. The fourth-order valence-electron chi connectivity index (χ4n) is 4.05. The van der Waals surface area contributed by atoms with E-state index in [2.05, 4.69) is 10.6 Å². The van der Waals surface area contributed by atoms with E-state index in [9.17, 15) is 4.79 Å². The van der Waals surface area contributed by atoms with Gasteiger partial charge in [0.2, 0.25) is 5.91 Å². The first-order valence-corrected chi connectivity index (χ1v) is 7.88. The molecular formula is C15H26N2O2. The third-order valence-corrected chi connectivity index (χ3v) is 5.38. The summed E-state index contributed by atoms with van der Waals surface area (Å²) in [6.45, 7) is 4.48. The smallest absolute Gasteiger partial charge is 0.227 e. The molecule has 0 aromatic rings. The van der Waals surface area contributed by atoms with Crippen molar-refractivity contribution in [1.29, 1.82) is 0 Å². The molecule has 0 unspecified atom stereocenters. The van der Waals surface area contributed by atoms with Gasteiger partial charge in [-0.3, -0.25) is 4.79 Å². The SMILES string of the molecule is O=C(NCC1CCOCC1)[C@@]12CCCC[C@H]1CNC2. The fourth-order valence-corrected chi connectivity index (χ4v) is 4.05. The maximum atomic E-state index is 12.7. The van der Waals surface area contributed by atoms with Crippen molar-refractivity contribution < 1.29 is 9.53 Å². The zero-order valence-corrected chi connectivity index (χ0v) is 11.7. The molecule has 2 atom stereocenters. The predicted octanol–water partition coefficient (Wildman–Crippen LogP) is 1.31. The average Bonchev–Trinajstić information content (AvgIpc) is 2.91. The Hall–Kier alpha value is -0.610. The summed E-state index contributed by atoms with van der Waals surface area (Å²) in [5, 5.41) is 6.69. The van der Waals surface area contributed by atoms with Crippen molar-refractivity contribution in [3.63, 3.8) is 0 Å². The Balaban J connectivity index is 1.56. The van der Waals surface area contributed by atoms with Crippen LogP contribution in [0.5, 0.6) is 0 Å². The quantitative estimate of drug-likeness (QED) is 0.810. The molecule has 1 aliphatic carbocycles. The van der Waals surface area contributed by atoms with Gasteiger partial charge in [-0.2, -0.15) is 0 Å². The van der Waals surface area contributed by atoms with Gasteiger partial charge in [-0.05, 0) is 44.1 Å². The summed E-state index contributed by atoms with van der Waals surface area (Å²) in [7, 11) is 0. The Bertz CT molecular complexity index is 328. The molecule has 1 saturated carbocycles. The lowest BCUT2D eigenvalue weighted by Gasteiger charge is -2.37. The zero-order chi connectivity index (χ0) is 13.1. The monoisotopic (exact) mass is 266 g/mol. The fraction of sp³-hybridized carbons (Fsp3) is 0.933. The van der Waals surface area contributed by atoms with E-state index in [-0.39, 0.29) is 5.41 Å². The second-order valence-corrected chi connectivity index (χ2v) is 6.50. The molecule has 4 nitrogen and oxygen atoms in total. The van der Waals surface area contributed by atoms with E-state index in [4.69, 9.17) is 4.74 Å². The van der Waals surface area contributed by atoms with Crippen LogP contribution < -0.4 is 10.6 Å². The second kappa shape index (κ2) is 5.80. The highest BCUT2D eigenvalue weighted by Crippen LogP contribution is 2.43. The number of fused-ring (bicyclic) bond motifs is 1. The van der Waals surface area contributed by atoms with Gasteiger partial charge in [-0.25, -0.2) is 0 Å². The Morgan fingerprint density at radius 3 is 2.95 bits per heavy atom. The van der Waals surface area contributed by atoms with Crippen molar-refractivity contribution in [1.82, 2.24) is 10.6 Å². The number of amides is 1. The topological polar surface area (TPSA) is 50.4 Å². The largest absolute Gasteiger partial charge is 0.381 e. The normalized spacial score (nSPS) is 35.9. The molecule has 1 amide bonds. The zero-order valence-electron chi connectivity index (χ0n) is 11.7. The molecule has 108 valence electrons. The van der Waals surface area contributed by atoms with Crippen molar-refractivity contribution in [3.8, 4) is 0 Å². The van der Waals surface area contributed by atoms with Crippen LogP contribution in [0.15, 0.2) is 0 Å². The molecule has 0 aromatic carbocycles. The summed E-state index contributed by atoms with van der Waals surface area (Å²) >= 11 is 0. The lowest BCUT2D eigenvalue weighted by molar-refractivity contribution is -0.134. The summed E-state index contributed by atoms with van der Waals surface area (Å²) in [5.41, 5.74) is -0.0938. The molecule has 4 heteroatoms. The van der Waals surface area contributed by atoms with Gasteiger partial charge in [-0.1, -0.05) is 12.8 Å². The van der Waals surface area contributed by atoms with Crippen LogP contribution in [0.3, 0.4) is 0 Å². The number of rotatable bonds is 3. The van der Waals surface area contributed by atoms with Crippen LogP contribution in [0.4, 0.5) is 0 Å². The van der Waals surface area contributed by atoms with Crippen molar-refractivity contribution in [2.24, 2.45) is 17.3 Å². The number of carbonyl (C=O) groups is 1. The van der Waals surface area contributed by atoms with Crippen molar-refractivity contribution in [3.05, 3.63) is 0 Å². The molecular weight excluding hydrogens is 240 g/mol. The summed E-state index contributed by atoms with van der Waals surface area (Å²) in [4.78, 5) is 12.7. The molecule has 0 bridgehead atoms. The molecule has 0 aromatic heterocycles. The number of hydrogen-bond donors (Lipinski definition) is 2. The maximum Gasteiger partial charge on any atom is 0.227 e. The maximum absolute atomic E-state index is 12.7. The average molecular weight is 266 g/mol. The van der Waals surface area contributed by atoms with E-state index >= 15 is 0 Å². The molecule has 0 spiro atoms. The number of carbonyl (C=O) groups excluding carboxylic acids is 1. The van der Waals surface area contributed by atoms with Gasteiger partial charge in [0.15, 0.2) is 0 Å². The minimum atomic E-state index is -0.0938. The highest BCUT2D eigenvalue weighted by atomic mass is 16.5. The summed E-state index contributed by atoms with van der Waals surface area (Å²) < 4.78 is 5.37. The van der Waals surface area contributed by atoms with Gasteiger partial charge in [0.25, 0.3) is 0 Å². The number of ether oxygens (including phenoxy) is 1. The Morgan fingerprint density at radius 2 is 2.11 bits per heavy atom. The van der Waals surface area contributed by atoms with Gasteiger partial charge in [0.1, 0.15) is 0 Å². The lowest BCUT2D eigenvalue weighted by atomic mass is 9.67. The summed E-state index contributed by atoms with van der Waals surface area (Å²) in [6, 6.07) is 0. The van der Waals surface area contributed by atoms with E-state index in [0.29, 0.717) is 17.7 Å². The first-order chi connectivity index (χ1) is 9.31. The molecule has 2 saturated heterocycles. The van der Waals surface area contributed by atoms with Gasteiger partial charge >= 0.3 is 0 Å². The van der Waals surface area contributed by atoms with Gasteiger partial charge in [0.05, 0.1) is 5.41 Å². The van der Waals surface area contributed by atoms with Crippen molar-refractivity contribution >= 4 is 5.91 Å². The molecule has 19 heavy (non-hydrogen) atoms. The van der Waals surface area contributed by atoms with Crippen LogP contribution in [0.25, 0.3) is 0 Å². The van der Waals surface area contributed by atoms with Crippen LogP contribution in [0.2, 0.25) is 0 Å². The van der Waals surface area contributed by atoms with Crippen LogP contribution in [-0.4, -0.2) is 38.8 Å². The van der Waals surface area contributed by atoms with Gasteiger partial charge < -0.3 is 15.4 Å². The number of hydrogen-bond acceptors (Lipinski definition) is 3. The molecule has 3 aliphatic rings. The van der Waals surface area contributed by atoms with Crippen LogP contribution >= 0.6 is 0 Å². The first-order valence-electron chi connectivity index (χ1n) is 7.88. The molecule has 2 aliphatic heterocycles. The molecule has 0 radical (unpaired) electrons. The third kappa shape index (κ3) is 2.65. The van der Waals surface area contributed by atoms with E-state index in [1.54, 1.807) is 0 Å². The van der Waals surface area contributed by atoms with Crippen LogP contribution in [0.1, 0.15) is 38.5 Å². The van der Waals surface area contributed by atoms with E-state index in [1.165, 1.54) is 19.3 Å². The van der Waals surface area contributed by atoms with Crippen molar-refractivity contribution in [2.45, 2.75) is 38.5 Å². The summed E-state index contributed by atoms with van der Waals surface area (Å²) in [5.74, 6) is 1.50. The highest BCUT2D eigenvalue weighted by molar-refractivity contribution is 5.83. The molecule has 3 rings (SSSR count). The minimum absolute atomic E-state index is 0.0938. The molecule has 2 N–H and O–H groups in total. The van der Waals surface area contributed by atoms with Crippen molar-refractivity contribution in [2.75, 3.05) is 32.8 Å².